The summed E-state index contributed by atoms with van der Waals surface area (Å²) >= 11 is 0. The molecule has 0 aliphatic carbocycles. The molecule has 0 aliphatic heterocycles. The minimum atomic E-state index is 0.588. The van der Waals surface area contributed by atoms with Gasteiger partial charge in [-0.05, 0) is 25.5 Å². The van der Waals surface area contributed by atoms with Crippen LogP contribution in [0, 0.1) is 0 Å². The van der Waals surface area contributed by atoms with E-state index in [1.807, 2.05) is 12.3 Å². The molecule has 0 aliphatic rings. The first kappa shape index (κ1) is 14.9. The van der Waals surface area contributed by atoms with Crippen molar-refractivity contribution in [1.29, 1.82) is 0 Å². The SMILES string of the molecule is CCCNCc1cnccc1OCCOCCC. The number of nitrogens with zero attached hydrogens (tertiary/aromatic N) is 1. The molecule has 1 aromatic heterocycles. The molecule has 4 heteroatoms. The van der Waals surface area contributed by atoms with Crippen molar-refractivity contribution in [1.82, 2.24) is 10.3 Å². The summed E-state index contributed by atoms with van der Waals surface area (Å²) in [4.78, 5) is 4.13. The van der Waals surface area contributed by atoms with Crippen LogP contribution in [-0.2, 0) is 11.3 Å². The van der Waals surface area contributed by atoms with E-state index < -0.39 is 0 Å². The van der Waals surface area contributed by atoms with E-state index in [0.717, 1.165) is 43.9 Å². The van der Waals surface area contributed by atoms with E-state index in [4.69, 9.17) is 9.47 Å². The molecule has 0 amide bonds. The Morgan fingerprint density at radius 1 is 1.17 bits per heavy atom. The summed E-state index contributed by atoms with van der Waals surface area (Å²) in [5.74, 6) is 0.897. The lowest BCUT2D eigenvalue weighted by Gasteiger charge is -2.11. The van der Waals surface area contributed by atoms with Crippen molar-refractivity contribution in [2.75, 3.05) is 26.4 Å². The number of aromatic nitrogens is 1. The van der Waals surface area contributed by atoms with Crippen molar-refractivity contribution < 1.29 is 9.47 Å². The number of rotatable bonds is 10. The van der Waals surface area contributed by atoms with Crippen molar-refractivity contribution in [2.45, 2.75) is 33.2 Å². The number of hydrogen-bond donors (Lipinski definition) is 1. The highest BCUT2D eigenvalue weighted by Crippen LogP contribution is 2.16. The highest BCUT2D eigenvalue weighted by molar-refractivity contribution is 5.29. The summed E-state index contributed by atoms with van der Waals surface area (Å²) in [7, 11) is 0. The maximum atomic E-state index is 5.71. The molecule has 0 atom stereocenters. The van der Waals surface area contributed by atoms with Gasteiger partial charge in [0.05, 0.1) is 6.61 Å². The molecule has 0 spiro atoms. The summed E-state index contributed by atoms with van der Waals surface area (Å²) in [6.45, 7) is 8.08. The van der Waals surface area contributed by atoms with Gasteiger partial charge in [0.1, 0.15) is 12.4 Å². The van der Waals surface area contributed by atoms with Crippen molar-refractivity contribution in [3.8, 4) is 5.75 Å². The molecule has 1 rings (SSSR count). The lowest BCUT2D eigenvalue weighted by Crippen LogP contribution is -2.15. The van der Waals surface area contributed by atoms with Gasteiger partial charge in [0.2, 0.25) is 0 Å². The Morgan fingerprint density at radius 2 is 2.06 bits per heavy atom. The summed E-state index contributed by atoms with van der Waals surface area (Å²) < 4.78 is 11.1. The third kappa shape index (κ3) is 5.98. The van der Waals surface area contributed by atoms with Crippen molar-refractivity contribution in [3.05, 3.63) is 24.0 Å². The topological polar surface area (TPSA) is 43.4 Å². The molecule has 0 saturated heterocycles. The summed E-state index contributed by atoms with van der Waals surface area (Å²) in [6.07, 6.45) is 5.78. The van der Waals surface area contributed by atoms with Gasteiger partial charge in [0.15, 0.2) is 0 Å². The number of ether oxygens (including phenoxy) is 2. The summed E-state index contributed by atoms with van der Waals surface area (Å²) in [6, 6.07) is 1.91. The lowest BCUT2D eigenvalue weighted by molar-refractivity contribution is 0.100. The minimum absolute atomic E-state index is 0.588. The van der Waals surface area contributed by atoms with Crippen LogP contribution in [0.25, 0.3) is 0 Å². The second-order valence-electron chi connectivity index (χ2n) is 4.12. The first-order valence-electron chi connectivity index (χ1n) is 6.72. The molecule has 18 heavy (non-hydrogen) atoms. The largest absolute Gasteiger partial charge is 0.491 e. The zero-order valence-corrected chi connectivity index (χ0v) is 11.4. The fraction of sp³-hybridized carbons (Fsp3) is 0.643. The zero-order chi connectivity index (χ0) is 13.1. The van der Waals surface area contributed by atoms with Crippen LogP contribution in [0.15, 0.2) is 18.5 Å². The Labute approximate surface area is 110 Å². The molecule has 1 heterocycles. The molecular formula is C14H24N2O2. The highest BCUT2D eigenvalue weighted by Gasteiger charge is 2.02. The van der Waals surface area contributed by atoms with E-state index in [0.29, 0.717) is 13.2 Å². The third-order valence-corrected chi connectivity index (χ3v) is 2.43. The van der Waals surface area contributed by atoms with Crippen LogP contribution in [0.5, 0.6) is 5.75 Å². The monoisotopic (exact) mass is 252 g/mol. The van der Waals surface area contributed by atoms with Crippen LogP contribution in [-0.4, -0.2) is 31.3 Å². The van der Waals surface area contributed by atoms with E-state index in [1.165, 1.54) is 0 Å². The molecule has 0 bridgehead atoms. The smallest absolute Gasteiger partial charge is 0.126 e. The van der Waals surface area contributed by atoms with Gasteiger partial charge in [0, 0.05) is 31.1 Å². The Bertz CT molecular complexity index is 318. The maximum absolute atomic E-state index is 5.71. The van der Waals surface area contributed by atoms with E-state index in [9.17, 15) is 0 Å². The van der Waals surface area contributed by atoms with Crippen LogP contribution < -0.4 is 10.1 Å². The molecular weight excluding hydrogens is 228 g/mol. The highest BCUT2D eigenvalue weighted by atomic mass is 16.5. The Kier molecular flexibility index (Phi) is 8.17. The van der Waals surface area contributed by atoms with Crippen molar-refractivity contribution >= 4 is 0 Å². The molecule has 1 aromatic rings. The average Bonchev–Trinajstić information content (AvgIpc) is 2.40. The molecule has 0 fully saturated rings. The van der Waals surface area contributed by atoms with E-state index >= 15 is 0 Å². The van der Waals surface area contributed by atoms with Crippen molar-refractivity contribution in [2.24, 2.45) is 0 Å². The van der Waals surface area contributed by atoms with Gasteiger partial charge in [-0.2, -0.15) is 0 Å². The minimum Gasteiger partial charge on any atom is -0.491 e. The van der Waals surface area contributed by atoms with Crippen LogP contribution >= 0.6 is 0 Å². The standard InChI is InChI=1S/C14H24N2O2/c1-3-6-15-11-13-12-16-7-5-14(13)18-10-9-17-8-4-2/h5,7,12,15H,3-4,6,8-11H2,1-2H3. The van der Waals surface area contributed by atoms with E-state index in [1.54, 1.807) is 6.20 Å². The maximum Gasteiger partial charge on any atom is 0.126 e. The molecule has 1 N–H and O–H groups in total. The van der Waals surface area contributed by atoms with Crippen LogP contribution in [0.3, 0.4) is 0 Å². The second-order valence-corrected chi connectivity index (χ2v) is 4.12. The molecule has 0 aromatic carbocycles. The Morgan fingerprint density at radius 3 is 2.83 bits per heavy atom. The van der Waals surface area contributed by atoms with Crippen LogP contribution in [0.2, 0.25) is 0 Å². The lowest BCUT2D eigenvalue weighted by atomic mass is 10.2. The molecule has 102 valence electrons. The summed E-state index contributed by atoms with van der Waals surface area (Å²) in [5.41, 5.74) is 1.10. The fourth-order valence-electron chi connectivity index (χ4n) is 1.54. The van der Waals surface area contributed by atoms with Gasteiger partial charge in [-0.3, -0.25) is 4.98 Å². The predicted octanol–water partition coefficient (Wildman–Crippen LogP) is 2.39. The van der Waals surface area contributed by atoms with E-state index in [-0.39, 0.29) is 0 Å². The quantitative estimate of drug-likeness (QED) is 0.649. The van der Waals surface area contributed by atoms with Gasteiger partial charge in [-0.25, -0.2) is 0 Å². The first-order valence-corrected chi connectivity index (χ1v) is 6.72. The van der Waals surface area contributed by atoms with Gasteiger partial charge in [0.25, 0.3) is 0 Å². The van der Waals surface area contributed by atoms with Crippen LogP contribution in [0.1, 0.15) is 32.3 Å². The number of hydrogen-bond acceptors (Lipinski definition) is 4. The Hall–Kier alpha value is -1.13. The number of nitrogens with one attached hydrogen (secondary N) is 1. The van der Waals surface area contributed by atoms with Crippen LogP contribution in [0.4, 0.5) is 0 Å². The molecule has 4 nitrogen and oxygen atoms in total. The second kappa shape index (κ2) is 9.85. The predicted molar refractivity (Wildman–Crippen MR) is 72.8 cm³/mol. The van der Waals surface area contributed by atoms with Gasteiger partial charge >= 0.3 is 0 Å². The van der Waals surface area contributed by atoms with Gasteiger partial charge < -0.3 is 14.8 Å². The average molecular weight is 252 g/mol. The first-order chi connectivity index (χ1) is 8.88. The molecule has 0 unspecified atom stereocenters. The van der Waals surface area contributed by atoms with Gasteiger partial charge in [-0.1, -0.05) is 13.8 Å². The fourth-order valence-corrected chi connectivity index (χ4v) is 1.54. The summed E-state index contributed by atoms with van der Waals surface area (Å²) in [5, 5.41) is 3.35. The molecule has 0 saturated carbocycles. The Balaban J connectivity index is 2.33. The van der Waals surface area contributed by atoms with Crippen molar-refractivity contribution in [3.63, 3.8) is 0 Å². The number of pyridine rings is 1. The molecule has 0 radical (unpaired) electrons. The normalized spacial score (nSPS) is 10.6. The van der Waals surface area contributed by atoms with E-state index in [2.05, 4.69) is 24.1 Å². The van der Waals surface area contributed by atoms with Gasteiger partial charge in [-0.15, -0.1) is 0 Å². The zero-order valence-electron chi connectivity index (χ0n) is 11.4. The third-order valence-electron chi connectivity index (χ3n) is 2.43.